The summed E-state index contributed by atoms with van der Waals surface area (Å²) in [5.41, 5.74) is 1.42. The largest absolute Gasteiger partial charge is 0.491 e. The van der Waals surface area contributed by atoms with Crippen LogP contribution in [0.25, 0.3) is 10.8 Å². The number of benzene rings is 2. The lowest BCUT2D eigenvalue weighted by atomic mass is 9.86. The van der Waals surface area contributed by atoms with Crippen molar-refractivity contribution in [1.82, 2.24) is 0 Å². The van der Waals surface area contributed by atoms with Crippen LogP contribution in [0, 0.1) is 0 Å². The van der Waals surface area contributed by atoms with Crippen LogP contribution in [0.15, 0.2) is 36.4 Å². The van der Waals surface area contributed by atoms with Crippen molar-refractivity contribution < 1.29 is 12.9 Å². The molecule has 1 unspecified atom stereocenters. The molecule has 0 radical (unpaired) electrons. The van der Waals surface area contributed by atoms with Crippen LogP contribution in [0.2, 0.25) is 0 Å². The summed E-state index contributed by atoms with van der Waals surface area (Å²) >= 11 is 1.76. The predicted octanol–water partition coefficient (Wildman–Crippen LogP) is 4.24. The van der Waals surface area contributed by atoms with Gasteiger partial charge < -0.3 is 12.9 Å². The zero-order valence-electron chi connectivity index (χ0n) is 12.6. The third kappa shape index (κ3) is 4.56. The maximum atomic E-state index is 9.62. The van der Waals surface area contributed by atoms with Gasteiger partial charge in [-0.3, -0.25) is 0 Å². The van der Waals surface area contributed by atoms with Crippen LogP contribution in [0.4, 0.5) is 0 Å². The maximum absolute atomic E-state index is 9.62. The molecule has 114 valence electrons. The predicted molar refractivity (Wildman–Crippen MR) is 94.1 cm³/mol. The van der Waals surface area contributed by atoms with Gasteiger partial charge in [-0.1, -0.05) is 45.0 Å². The second-order valence-electron chi connectivity index (χ2n) is 6.21. The molecular formula is C17H21IO3. The van der Waals surface area contributed by atoms with Gasteiger partial charge in [0.15, 0.2) is 0 Å². The lowest BCUT2D eigenvalue weighted by molar-refractivity contribution is 0.0768. The van der Waals surface area contributed by atoms with E-state index in [2.05, 4.69) is 39.0 Å². The Labute approximate surface area is 140 Å². The maximum Gasteiger partial charge on any atom is 0.120 e. The van der Waals surface area contributed by atoms with Gasteiger partial charge in [0, 0.05) is 0 Å². The van der Waals surface area contributed by atoms with E-state index in [0.717, 1.165) is 11.1 Å². The third-order valence-electron chi connectivity index (χ3n) is 3.38. The van der Waals surface area contributed by atoms with Gasteiger partial charge >= 0.3 is 0 Å². The number of aliphatic hydroxyl groups excluding tert-OH is 1. The summed E-state index contributed by atoms with van der Waals surface area (Å²) in [4.78, 5) is 0. The Hall–Kier alpha value is -0.850. The van der Waals surface area contributed by atoms with Gasteiger partial charge in [0.25, 0.3) is 0 Å². The Morgan fingerprint density at radius 3 is 2.43 bits per heavy atom. The number of rotatable bonds is 5. The molecule has 0 aromatic heterocycles. The van der Waals surface area contributed by atoms with E-state index in [1.807, 2.05) is 18.2 Å². The van der Waals surface area contributed by atoms with Gasteiger partial charge in [0.05, 0.1) is 6.61 Å². The van der Waals surface area contributed by atoms with E-state index in [1.54, 1.807) is 23.0 Å². The first-order valence-corrected chi connectivity index (χ1v) is 7.87. The Bertz CT molecular complexity index is 604. The topological polar surface area (TPSA) is 38.7 Å². The minimum atomic E-state index is -0.612. The van der Waals surface area contributed by atoms with Gasteiger partial charge in [0.2, 0.25) is 0 Å². The average molecular weight is 400 g/mol. The van der Waals surface area contributed by atoms with E-state index in [1.165, 1.54) is 10.9 Å². The highest BCUT2D eigenvalue weighted by molar-refractivity contribution is 14.1. The smallest absolute Gasteiger partial charge is 0.120 e. The van der Waals surface area contributed by atoms with Gasteiger partial charge in [-0.25, -0.2) is 0 Å². The van der Waals surface area contributed by atoms with Gasteiger partial charge in [-0.2, -0.15) is 0 Å². The summed E-state index contributed by atoms with van der Waals surface area (Å²) in [6.45, 7) is 7.11. The van der Waals surface area contributed by atoms with E-state index < -0.39 is 6.10 Å². The Balaban J connectivity index is 2.19. The van der Waals surface area contributed by atoms with Crippen molar-refractivity contribution in [1.29, 1.82) is 0 Å². The fourth-order valence-electron chi connectivity index (χ4n) is 2.09. The van der Waals surface area contributed by atoms with Gasteiger partial charge in [-0.15, -0.1) is 0 Å². The molecule has 0 fully saturated rings. The molecule has 2 rings (SSSR count). The number of hydrogen-bond acceptors (Lipinski definition) is 3. The Morgan fingerprint density at radius 2 is 1.76 bits per heavy atom. The number of halogens is 1. The van der Waals surface area contributed by atoms with Crippen LogP contribution in [-0.4, -0.2) is 24.4 Å². The molecule has 1 N–H and O–H groups in total. The van der Waals surface area contributed by atoms with Crippen LogP contribution >= 0.6 is 23.0 Å². The second kappa shape index (κ2) is 6.94. The number of ether oxygens (including phenoxy) is 1. The van der Waals surface area contributed by atoms with Crippen molar-refractivity contribution in [3.63, 3.8) is 0 Å². The summed E-state index contributed by atoms with van der Waals surface area (Å²) < 4.78 is 10.5. The minimum absolute atomic E-state index is 0.124. The second-order valence-corrected chi connectivity index (χ2v) is 6.84. The SMILES string of the molecule is CC(C)(C)c1ccc2ccc(OCC(O)COI)cc2c1. The van der Waals surface area contributed by atoms with E-state index in [4.69, 9.17) is 7.80 Å². The van der Waals surface area contributed by atoms with Crippen molar-refractivity contribution in [3.8, 4) is 5.75 Å². The van der Waals surface area contributed by atoms with Crippen molar-refractivity contribution in [2.75, 3.05) is 13.2 Å². The van der Waals surface area contributed by atoms with Crippen molar-refractivity contribution >= 4 is 33.8 Å². The molecular weight excluding hydrogens is 379 g/mol. The van der Waals surface area contributed by atoms with Crippen LogP contribution in [0.1, 0.15) is 26.3 Å². The summed E-state index contributed by atoms with van der Waals surface area (Å²) in [5, 5.41) is 12.0. The summed E-state index contributed by atoms with van der Waals surface area (Å²) in [7, 11) is 0. The van der Waals surface area contributed by atoms with E-state index in [0.29, 0.717) is 0 Å². The zero-order chi connectivity index (χ0) is 15.5. The van der Waals surface area contributed by atoms with Gasteiger partial charge in [0.1, 0.15) is 41.5 Å². The minimum Gasteiger partial charge on any atom is -0.491 e. The third-order valence-corrected chi connectivity index (χ3v) is 3.74. The molecule has 0 aliphatic heterocycles. The molecule has 0 bridgehead atoms. The monoisotopic (exact) mass is 400 g/mol. The highest BCUT2D eigenvalue weighted by Gasteiger charge is 2.14. The first kappa shape index (κ1) is 16.5. The molecule has 0 amide bonds. The molecule has 0 aliphatic carbocycles. The fraction of sp³-hybridized carbons (Fsp3) is 0.412. The Kier molecular flexibility index (Phi) is 5.46. The van der Waals surface area contributed by atoms with Crippen molar-refractivity contribution in [2.24, 2.45) is 0 Å². The number of aliphatic hydroxyl groups is 1. The quantitative estimate of drug-likeness (QED) is 0.763. The first-order chi connectivity index (χ1) is 9.90. The molecule has 0 spiro atoms. The normalized spacial score (nSPS) is 13.4. The average Bonchev–Trinajstić information content (AvgIpc) is 2.43. The molecule has 4 heteroatoms. The molecule has 3 nitrogen and oxygen atoms in total. The highest BCUT2D eigenvalue weighted by atomic mass is 127. The summed E-state index contributed by atoms with van der Waals surface area (Å²) in [6, 6.07) is 12.5. The molecule has 21 heavy (non-hydrogen) atoms. The molecule has 0 aliphatic rings. The van der Waals surface area contributed by atoms with Crippen molar-refractivity contribution in [2.45, 2.75) is 32.3 Å². The van der Waals surface area contributed by atoms with Crippen LogP contribution in [0.5, 0.6) is 5.75 Å². The molecule has 2 aromatic rings. The van der Waals surface area contributed by atoms with Crippen molar-refractivity contribution in [3.05, 3.63) is 42.0 Å². The van der Waals surface area contributed by atoms with E-state index in [-0.39, 0.29) is 18.6 Å². The molecule has 0 saturated heterocycles. The molecule has 0 saturated carbocycles. The summed E-state index contributed by atoms with van der Waals surface area (Å²) in [6.07, 6.45) is -0.612. The standard InChI is InChI=1S/C17H21IO3/c1-17(2,3)14-6-4-12-5-7-16(9-13(12)8-14)20-10-15(19)11-21-18/h4-9,15,19H,10-11H2,1-3H3. The lowest BCUT2D eigenvalue weighted by Gasteiger charge is -2.19. The van der Waals surface area contributed by atoms with Crippen LogP contribution in [-0.2, 0) is 8.48 Å². The lowest BCUT2D eigenvalue weighted by Crippen LogP contribution is -2.21. The number of hydrogen-bond donors (Lipinski definition) is 1. The number of fused-ring (bicyclic) bond motifs is 1. The highest BCUT2D eigenvalue weighted by Crippen LogP contribution is 2.28. The first-order valence-electron chi connectivity index (χ1n) is 6.99. The zero-order valence-corrected chi connectivity index (χ0v) is 14.8. The van der Waals surface area contributed by atoms with Crippen LogP contribution < -0.4 is 4.74 Å². The van der Waals surface area contributed by atoms with Crippen LogP contribution in [0.3, 0.4) is 0 Å². The summed E-state index contributed by atoms with van der Waals surface area (Å²) in [5.74, 6) is 0.765. The molecule has 0 heterocycles. The van der Waals surface area contributed by atoms with Gasteiger partial charge in [-0.05, 0) is 33.9 Å². The molecule has 2 aromatic carbocycles. The van der Waals surface area contributed by atoms with E-state index in [9.17, 15) is 5.11 Å². The van der Waals surface area contributed by atoms with E-state index >= 15 is 0 Å². The fourth-order valence-corrected chi connectivity index (χ4v) is 2.51. The Morgan fingerprint density at radius 1 is 1.05 bits per heavy atom. The molecule has 1 atom stereocenters.